The Labute approximate surface area is 143 Å². The highest BCUT2D eigenvalue weighted by atomic mass is 35.5. The fourth-order valence-electron chi connectivity index (χ4n) is 2.10. The number of nitriles is 1. The van der Waals surface area contributed by atoms with Crippen LogP contribution in [0, 0.1) is 21.4 Å². The van der Waals surface area contributed by atoms with E-state index in [0.717, 1.165) is 0 Å². The molecule has 0 atom stereocenters. The van der Waals surface area contributed by atoms with E-state index >= 15 is 0 Å². The maximum absolute atomic E-state index is 10.9. The molecule has 2 aromatic rings. The molecule has 0 heterocycles. The number of allylic oxidation sites excluding steroid dienone is 1. The first-order chi connectivity index (χ1) is 11.5. The molecule has 0 amide bonds. The molecule has 0 saturated carbocycles. The summed E-state index contributed by atoms with van der Waals surface area (Å²) in [4.78, 5) is 10.4. The minimum absolute atomic E-state index is 0.0907. The van der Waals surface area contributed by atoms with Crippen LogP contribution in [0.15, 0.2) is 36.4 Å². The van der Waals surface area contributed by atoms with E-state index in [1.54, 1.807) is 24.3 Å². The average Bonchev–Trinajstić information content (AvgIpc) is 2.60. The highest BCUT2D eigenvalue weighted by Gasteiger charge is 2.12. The number of methoxy groups -OCH3 is 2. The van der Waals surface area contributed by atoms with Gasteiger partial charge >= 0.3 is 0 Å². The Morgan fingerprint density at radius 3 is 2.50 bits per heavy atom. The van der Waals surface area contributed by atoms with Crippen molar-refractivity contribution in [1.29, 1.82) is 5.26 Å². The molecule has 2 rings (SSSR count). The zero-order chi connectivity index (χ0) is 17.7. The first-order valence-electron chi connectivity index (χ1n) is 6.78. The number of nitro benzene ring substituents is 1. The van der Waals surface area contributed by atoms with Gasteiger partial charge in [-0.25, -0.2) is 0 Å². The second kappa shape index (κ2) is 7.49. The molecule has 0 radical (unpaired) electrons. The van der Waals surface area contributed by atoms with E-state index in [2.05, 4.69) is 0 Å². The zero-order valence-electron chi connectivity index (χ0n) is 12.9. The molecule has 0 aromatic heterocycles. The first-order valence-corrected chi connectivity index (χ1v) is 7.16. The van der Waals surface area contributed by atoms with E-state index in [9.17, 15) is 15.4 Å². The number of halogens is 1. The summed E-state index contributed by atoms with van der Waals surface area (Å²) in [7, 11) is 2.98. The third-order valence-corrected chi connectivity index (χ3v) is 3.62. The van der Waals surface area contributed by atoms with Crippen molar-refractivity contribution < 1.29 is 14.4 Å². The molecule has 0 aliphatic carbocycles. The number of hydrogen-bond donors (Lipinski definition) is 0. The Balaban J connectivity index is 2.54. The molecule has 7 heteroatoms. The van der Waals surface area contributed by atoms with Crippen LogP contribution < -0.4 is 9.47 Å². The molecule has 2 aromatic carbocycles. The standard InChI is InChI=1S/C17H13ClN2O4/c1-23-16-8-12(15(18)9-17(16)24-2)6-13(10-19)11-4-3-5-14(7-11)20(21)22/h3-9H,1-2H3. The molecular weight excluding hydrogens is 332 g/mol. The second-order valence-electron chi connectivity index (χ2n) is 4.71. The van der Waals surface area contributed by atoms with E-state index in [0.29, 0.717) is 27.6 Å². The topological polar surface area (TPSA) is 85.4 Å². The average molecular weight is 345 g/mol. The predicted octanol–water partition coefficient (Wildman–Crippen LogP) is 4.33. The van der Waals surface area contributed by atoms with Crippen LogP contribution in [0.3, 0.4) is 0 Å². The van der Waals surface area contributed by atoms with Crippen molar-refractivity contribution in [2.75, 3.05) is 14.2 Å². The maximum Gasteiger partial charge on any atom is 0.270 e. The van der Waals surface area contributed by atoms with Gasteiger partial charge in [0.2, 0.25) is 0 Å². The first kappa shape index (κ1) is 17.3. The van der Waals surface area contributed by atoms with Crippen LogP contribution in [0.4, 0.5) is 5.69 Å². The van der Waals surface area contributed by atoms with Crippen molar-refractivity contribution >= 4 is 28.9 Å². The highest BCUT2D eigenvalue weighted by Crippen LogP contribution is 2.35. The van der Waals surface area contributed by atoms with E-state index in [1.807, 2.05) is 6.07 Å². The van der Waals surface area contributed by atoms with Crippen molar-refractivity contribution in [2.45, 2.75) is 0 Å². The second-order valence-corrected chi connectivity index (χ2v) is 5.11. The summed E-state index contributed by atoms with van der Waals surface area (Å²) in [5, 5.41) is 20.6. The van der Waals surface area contributed by atoms with Crippen molar-refractivity contribution in [1.82, 2.24) is 0 Å². The number of benzene rings is 2. The molecule has 0 spiro atoms. The van der Waals surface area contributed by atoms with Crippen LogP contribution in [-0.2, 0) is 0 Å². The van der Waals surface area contributed by atoms with Crippen LogP contribution >= 0.6 is 11.6 Å². The summed E-state index contributed by atoms with van der Waals surface area (Å²) in [5.41, 5.74) is 1.12. The molecule has 0 aliphatic heterocycles. The van der Waals surface area contributed by atoms with Crippen LogP contribution in [0.5, 0.6) is 11.5 Å². The Morgan fingerprint density at radius 2 is 1.92 bits per heavy atom. The quantitative estimate of drug-likeness (QED) is 0.349. The summed E-state index contributed by atoms with van der Waals surface area (Å²) in [6.07, 6.45) is 1.54. The molecule has 0 unspecified atom stereocenters. The Morgan fingerprint density at radius 1 is 1.25 bits per heavy atom. The van der Waals surface area contributed by atoms with Crippen molar-refractivity contribution in [3.05, 3.63) is 62.7 Å². The lowest BCUT2D eigenvalue weighted by atomic mass is 10.0. The highest BCUT2D eigenvalue weighted by molar-refractivity contribution is 6.32. The van der Waals surface area contributed by atoms with Gasteiger partial charge < -0.3 is 9.47 Å². The molecule has 0 N–H and O–H groups in total. The summed E-state index contributed by atoms with van der Waals surface area (Å²) < 4.78 is 10.4. The van der Waals surface area contributed by atoms with Gasteiger partial charge in [-0.15, -0.1) is 0 Å². The molecule has 0 saturated heterocycles. The van der Waals surface area contributed by atoms with Crippen molar-refractivity contribution in [3.63, 3.8) is 0 Å². The van der Waals surface area contributed by atoms with Gasteiger partial charge in [0.05, 0.1) is 35.8 Å². The number of hydrogen-bond acceptors (Lipinski definition) is 5. The number of non-ortho nitro benzene ring substituents is 1. The fraction of sp³-hybridized carbons (Fsp3) is 0.118. The maximum atomic E-state index is 10.9. The summed E-state index contributed by atoms with van der Waals surface area (Å²) >= 11 is 6.21. The van der Waals surface area contributed by atoms with Crippen molar-refractivity contribution in [2.24, 2.45) is 0 Å². The number of ether oxygens (including phenoxy) is 2. The van der Waals surface area contributed by atoms with Gasteiger partial charge in [0.25, 0.3) is 5.69 Å². The van der Waals surface area contributed by atoms with Crippen molar-refractivity contribution in [3.8, 4) is 17.6 Å². The van der Waals surface area contributed by atoms with Gasteiger partial charge in [-0.3, -0.25) is 10.1 Å². The van der Waals surface area contributed by atoms with E-state index in [-0.39, 0.29) is 11.3 Å². The monoisotopic (exact) mass is 344 g/mol. The zero-order valence-corrected chi connectivity index (χ0v) is 13.7. The minimum Gasteiger partial charge on any atom is -0.493 e. The fourth-order valence-corrected chi connectivity index (χ4v) is 2.31. The lowest BCUT2D eigenvalue weighted by molar-refractivity contribution is -0.384. The Bertz CT molecular complexity index is 856. The third-order valence-electron chi connectivity index (χ3n) is 3.29. The summed E-state index contributed by atoms with van der Waals surface area (Å²) in [6, 6.07) is 11.1. The van der Waals surface area contributed by atoms with Gasteiger partial charge in [0, 0.05) is 18.2 Å². The minimum atomic E-state index is -0.512. The largest absolute Gasteiger partial charge is 0.493 e. The third kappa shape index (κ3) is 3.65. The van der Waals surface area contributed by atoms with Gasteiger partial charge in [-0.2, -0.15) is 5.26 Å². The van der Waals surface area contributed by atoms with Crippen LogP contribution in [-0.4, -0.2) is 19.1 Å². The number of nitrogens with zero attached hydrogens (tertiary/aromatic N) is 2. The lowest BCUT2D eigenvalue weighted by Crippen LogP contribution is -1.92. The molecular formula is C17H13ClN2O4. The SMILES string of the molecule is COc1cc(Cl)c(C=C(C#N)c2cccc([N+](=O)[O-])c2)cc1OC. The number of nitro groups is 1. The van der Waals surface area contributed by atoms with Gasteiger partial charge in [-0.05, 0) is 23.3 Å². The molecule has 6 nitrogen and oxygen atoms in total. The molecule has 0 bridgehead atoms. The lowest BCUT2D eigenvalue weighted by Gasteiger charge is -2.10. The van der Waals surface area contributed by atoms with Crippen LogP contribution in [0.2, 0.25) is 5.02 Å². The van der Waals surface area contributed by atoms with E-state index < -0.39 is 4.92 Å². The summed E-state index contributed by atoms with van der Waals surface area (Å²) in [6.45, 7) is 0. The van der Waals surface area contributed by atoms with Gasteiger partial charge in [0.1, 0.15) is 0 Å². The molecule has 122 valence electrons. The molecule has 0 fully saturated rings. The van der Waals surface area contributed by atoms with E-state index in [1.165, 1.54) is 32.4 Å². The Hall–Kier alpha value is -3.04. The van der Waals surface area contributed by atoms with Gasteiger partial charge in [-0.1, -0.05) is 23.7 Å². The normalized spacial score (nSPS) is 10.8. The van der Waals surface area contributed by atoms with Gasteiger partial charge in [0.15, 0.2) is 11.5 Å². The molecule has 0 aliphatic rings. The van der Waals surface area contributed by atoms with Crippen LogP contribution in [0.1, 0.15) is 11.1 Å². The van der Waals surface area contributed by atoms with E-state index in [4.69, 9.17) is 21.1 Å². The smallest absolute Gasteiger partial charge is 0.270 e. The number of rotatable bonds is 5. The summed E-state index contributed by atoms with van der Waals surface area (Å²) in [5.74, 6) is 0.929. The Kier molecular flexibility index (Phi) is 5.40. The predicted molar refractivity (Wildman–Crippen MR) is 91.1 cm³/mol. The molecule has 24 heavy (non-hydrogen) atoms. The van der Waals surface area contributed by atoms with Crippen LogP contribution in [0.25, 0.3) is 11.6 Å².